The quantitative estimate of drug-likeness (QED) is 0.365. The van der Waals surface area contributed by atoms with Crippen LogP contribution in [0, 0.1) is 11.8 Å². The number of rotatable bonds is 6. The lowest BCUT2D eigenvalue weighted by molar-refractivity contribution is -0.151. The molecule has 0 saturated carbocycles. The van der Waals surface area contributed by atoms with E-state index in [1.807, 2.05) is 96.1 Å². The summed E-state index contributed by atoms with van der Waals surface area (Å²) >= 11 is 0. The highest BCUT2D eigenvalue weighted by molar-refractivity contribution is 5.89. The van der Waals surface area contributed by atoms with Crippen LogP contribution in [0.1, 0.15) is 37.1 Å². The number of piperidine rings is 1. The third-order valence-electron chi connectivity index (χ3n) is 7.48. The number of carbonyl (C=O) groups is 2. The number of hydrogen-bond donors (Lipinski definition) is 0. The lowest BCUT2D eigenvalue weighted by Crippen LogP contribution is -2.52. The monoisotopic (exact) mass is 497 g/mol. The van der Waals surface area contributed by atoms with E-state index in [0.717, 1.165) is 33.7 Å². The Bertz CT molecular complexity index is 1350. The van der Waals surface area contributed by atoms with Crippen molar-refractivity contribution < 1.29 is 19.1 Å². The first-order chi connectivity index (χ1) is 17.9. The molecule has 1 aromatic heterocycles. The van der Waals surface area contributed by atoms with E-state index in [0.29, 0.717) is 0 Å². The Labute approximate surface area is 216 Å². The van der Waals surface area contributed by atoms with Gasteiger partial charge < -0.3 is 18.9 Å². The predicted molar refractivity (Wildman–Crippen MR) is 141 cm³/mol. The molecule has 5 rings (SSSR count). The molecule has 0 spiro atoms. The van der Waals surface area contributed by atoms with Crippen LogP contribution >= 0.6 is 0 Å². The molecule has 0 bridgehead atoms. The minimum atomic E-state index is -0.427. The van der Waals surface area contributed by atoms with Crippen LogP contribution in [-0.4, -0.2) is 40.4 Å². The van der Waals surface area contributed by atoms with Gasteiger partial charge in [-0.2, -0.15) is 0 Å². The van der Waals surface area contributed by atoms with E-state index in [2.05, 4.69) is 4.98 Å². The van der Waals surface area contributed by atoms with Crippen molar-refractivity contribution in [3.8, 4) is 11.5 Å². The van der Waals surface area contributed by atoms with Crippen LogP contribution in [0.3, 0.4) is 0 Å². The molecular weight excluding hydrogens is 466 g/mol. The summed E-state index contributed by atoms with van der Waals surface area (Å²) in [5.41, 5.74) is 3.53. The highest BCUT2D eigenvalue weighted by atomic mass is 16.5. The van der Waals surface area contributed by atoms with Gasteiger partial charge >= 0.3 is 0 Å². The van der Waals surface area contributed by atoms with Crippen molar-refractivity contribution in [2.75, 3.05) is 14.2 Å². The Morgan fingerprint density at radius 2 is 1.32 bits per heavy atom. The Balaban J connectivity index is 1.61. The van der Waals surface area contributed by atoms with E-state index in [1.54, 1.807) is 20.5 Å². The molecule has 0 N–H and O–H groups in total. The molecule has 1 fully saturated rings. The number of likely N-dealkylation sites (tertiary alicyclic amines) is 1. The van der Waals surface area contributed by atoms with Crippen molar-refractivity contribution in [3.05, 3.63) is 90.3 Å². The van der Waals surface area contributed by atoms with Crippen molar-refractivity contribution in [1.82, 2.24) is 14.5 Å². The molecule has 4 atom stereocenters. The van der Waals surface area contributed by atoms with E-state index in [-0.39, 0.29) is 30.1 Å². The highest BCUT2D eigenvalue weighted by Crippen LogP contribution is 2.46. The van der Waals surface area contributed by atoms with Crippen LogP contribution in [0.2, 0.25) is 0 Å². The zero-order chi connectivity index (χ0) is 26.1. The van der Waals surface area contributed by atoms with Crippen molar-refractivity contribution in [2.24, 2.45) is 11.8 Å². The summed E-state index contributed by atoms with van der Waals surface area (Å²) < 4.78 is 12.6. The zero-order valence-electron chi connectivity index (χ0n) is 21.5. The third kappa shape index (κ3) is 4.46. The van der Waals surface area contributed by atoms with Crippen molar-refractivity contribution in [1.29, 1.82) is 0 Å². The number of ether oxygens (including phenoxy) is 2. The van der Waals surface area contributed by atoms with Gasteiger partial charge in [-0.1, -0.05) is 50.2 Å². The summed E-state index contributed by atoms with van der Waals surface area (Å²) in [4.78, 5) is 34.2. The maximum absolute atomic E-state index is 14.2. The van der Waals surface area contributed by atoms with E-state index >= 15 is 0 Å². The number of Topliss-reactive ketones (excluding diaryl/α,β-unsaturated/α-hetero) is 1. The Hall–Kier alpha value is -4.13. The number of aromatic nitrogens is 2. The Morgan fingerprint density at radius 3 is 1.84 bits per heavy atom. The van der Waals surface area contributed by atoms with Crippen LogP contribution in [0.5, 0.6) is 11.5 Å². The molecule has 1 saturated heterocycles. The molecular formula is C30H31N3O4. The molecule has 0 aliphatic carbocycles. The lowest BCUT2D eigenvalue weighted by atomic mass is 9.74. The number of ketones is 1. The first kappa shape index (κ1) is 24.6. The number of methoxy groups -OCH3 is 2. The van der Waals surface area contributed by atoms with Crippen LogP contribution in [0.4, 0.5) is 0 Å². The topological polar surface area (TPSA) is 73.7 Å². The van der Waals surface area contributed by atoms with E-state index in [1.165, 1.54) is 0 Å². The van der Waals surface area contributed by atoms with Gasteiger partial charge in [0.05, 0.1) is 43.7 Å². The molecule has 37 heavy (non-hydrogen) atoms. The van der Waals surface area contributed by atoms with Crippen LogP contribution < -0.4 is 9.47 Å². The second-order valence-corrected chi connectivity index (χ2v) is 9.58. The van der Waals surface area contributed by atoms with Gasteiger partial charge in [-0.05, 0) is 47.5 Å². The molecule has 7 nitrogen and oxygen atoms in total. The van der Waals surface area contributed by atoms with Gasteiger partial charge in [-0.3, -0.25) is 9.59 Å². The molecule has 1 aliphatic heterocycles. The highest BCUT2D eigenvalue weighted by Gasteiger charge is 2.48. The Morgan fingerprint density at radius 1 is 0.811 bits per heavy atom. The van der Waals surface area contributed by atoms with Gasteiger partial charge in [0, 0.05) is 11.8 Å². The smallest absolute Gasteiger partial charge is 0.243 e. The molecule has 190 valence electrons. The molecule has 2 heterocycles. The summed E-state index contributed by atoms with van der Waals surface area (Å²) in [6.07, 6.45) is 1.70. The molecule has 4 unspecified atom stereocenters. The number of nitrogens with zero attached hydrogens (tertiary/aromatic N) is 3. The SMILES string of the molecule is COc1ccc(C2C(C)C(=O)C(C)C(c3ccc(OC)cc3)N2C(=O)Cn2cnc3ccccc32)cc1. The standard InChI is InChI=1S/C30H31N3O4/c1-19-28(21-9-13-23(36-3)14-10-21)33(27(34)17-32-18-31-25-7-5-6-8-26(25)32)29(20(2)30(19)35)22-11-15-24(37-4)16-12-22/h5-16,18-20,28-29H,17H2,1-4H3. The minimum Gasteiger partial charge on any atom is -0.497 e. The number of fused-ring (bicyclic) bond motifs is 1. The second kappa shape index (κ2) is 10.1. The number of hydrogen-bond acceptors (Lipinski definition) is 5. The number of benzene rings is 3. The third-order valence-corrected chi connectivity index (χ3v) is 7.48. The average Bonchev–Trinajstić information content (AvgIpc) is 3.34. The van der Waals surface area contributed by atoms with Gasteiger partial charge in [-0.25, -0.2) is 4.98 Å². The van der Waals surface area contributed by atoms with Crippen molar-refractivity contribution in [3.63, 3.8) is 0 Å². The molecule has 4 aromatic rings. The average molecular weight is 498 g/mol. The fourth-order valence-electron chi connectivity index (χ4n) is 5.56. The van der Waals surface area contributed by atoms with Gasteiger partial charge in [-0.15, -0.1) is 0 Å². The first-order valence-electron chi connectivity index (χ1n) is 12.5. The maximum atomic E-state index is 14.2. The van der Waals surface area contributed by atoms with Crippen LogP contribution in [0.25, 0.3) is 11.0 Å². The van der Waals surface area contributed by atoms with Crippen LogP contribution in [0.15, 0.2) is 79.1 Å². The van der Waals surface area contributed by atoms with Gasteiger partial charge in [0.2, 0.25) is 5.91 Å². The number of para-hydroxylation sites is 2. The summed E-state index contributed by atoms with van der Waals surface area (Å²) in [7, 11) is 3.24. The van der Waals surface area contributed by atoms with Crippen molar-refractivity contribution >= 4 is 22.7 Å². The van der Waals surface area contributed by atoms with Crippen LogP contribution in [-0.2, 0) is 16.1 Å². The van der Waals surface area contributed by atoms with E-state index in [4.69, 9.17) is 9.47 Å². The Kier molecular flexibility index (Phi) is 6.70. The molecule has 1 amide bonds. The molecule has 7 heteroatoms. The van der Waals surface area contributed by atoms with E-state index in [9.17, 15) is 9.59 Å². The first-order valence-corrected chi connectivity index (χ1v) is 12.5. The zero-order valence-corrected chi connectivity index (χ0v) is 21.5. The summed E-state index contributed by atoms with van der Waals surface area (Å²) in [5.74, 6) is 0.764. The molecule has 1 aliphatic rings. The van der Waals surface area contributed by atoms with Gasteiger partial charge in [0.15, 0.2) is 0 Å². The van der Waals surface area contributed by atoms with Gasteiger partial charge in [0.1, 0.15) is 23.8 Å². The largest absolute Gasteiger partial charge is 0.497 e. The number of imidazole rings is 1. The lowest BCUT2D eigenvalue weighted by Gasteiger charge is -2.48. The van der Waals surface area contributed by atoms with E-state index < -0.39 is 12.1 Å². The normalized spacial score (nSPS) is 21.7. The molecule has 3 aromatic carbocycles. The predicted octanol–water partition coefficient (Wildman–Crippen LogP) is 5.22. The number of amides is 1. The number of carbonyl (C=O) groups excluding carboxylic acids is 2. The maximum Gasteiger partial charge on any atom is 0.243 e. The summed E-state index contributed by atoms with van der Waals surface area (Å²) in [6, 6.07) is 22.2. The van der Waals surface area contributed by atoms with Crippen molar-refractivity contribution in [2.45, 2.75) is 32.5 Å². The fraction of sp³-hybridized carbons (Fsp3) is 0.300. The fourth-order valence-corrected chi connectivity index (χ4v) is 5.56. The minimum absolute atomic E-state index is 0.0732. The second-order valence-electron chi connectivity index (χ2n) is 9.58. The molecule has 0 radical (unpaired) electrons. The van der Waals surface area contributed by atoms with Gasteiger partial charge in [0.25, 0.3) is 0 Å². The summed E-state index contributed by atoms with van der Waals surface area (Å²) in [6.45, 7) is 3.96. The summed E-state index contributed by atoms with van der Waals surface area (Å²) in [5, 5.41) is 0.